The first-order chi connectivity index (χ1) is 19.7. The highest BCUT2D eigenvalue weighted by atomic mass is 35.8. The van der Waals surface area contributed by atoms with E-state index in [0.29, 0.717) is 0 Å². The van der Waals surface area contributed by atoms with Gasteiger partial charge in [0.2, 0.25) is 0 Å². The van der Waals surface area contributed by atoms with Crippen LogP contribution in [0, 0.1) is 0 Å². The molecule has 0 aliphatic carbocycles. The van der Waals surface area contributed by atoms with Gasteiger partial charge in [0, 0.05) is 12.8 Å². The van der Waals surface area contributed by atoms with Gasteiger partial charge in [-0.25, -0.2) is 0 Å². The zero-order valence-corrected chi connectivity index (χ0v) is 27.2. The Morgan fingerprint density at radius 3 is 0.702 bits per heavy atom. The van der Waals surface area contributed by atoms with Crippen LogP contribution >= 0.6 is 66.5 Å². The average molecular weight is 913 g/mol. The predicted octanol–water partition coefficient (Wildman–Crippen LogP) is 12.9. The summed E-state index contributed by atoms with van der Waals surface area (Å²) < 4.78 is 311. The quantitative estimate of drug-likeness (QED) is 0.0981. The van der Waals surface area contributed by atoms with Crippen molar-refractivity contribution in [3.05, 3.63) is 0 Å². The van der Waals surface area contributed by atoms with E-state index >= 15 is 0 Å². The Morgan fingerprint density at radius 1 is 0.298 bits per heavy atom. The van der Waals surface area contributed by atoms with E-state index in [1.165, 1.54) is 0 Å². The zero-order valence-electron chi connectivity index (χ0n) is 20.7. The molecule has 0 radical (unpaired) electrons. The molecule has 0 aromatic rings. The summed E-state index contributed by atoms with van der Waals surface area (Å²) >= 11 is 30.4. The van der Waals surface area contributed by atoms with Crippen LogP contribution in [0.5, 0.6) is 0 Å². The van der Waals surface area contributed by atoms with Crippen molar-refractivity contribution in [2.45, 2.75) is 90.6 Å². The fourth-order valence-electron chi connectivity index (χ4n) is 2.33. The second-order valence-corrected chi connectivity index (χ2v) is 27.2. The van der Waals surface area contributed by atoms with E-state index in [1.54, 1.807) is 0 Å². The zero-order chi connectivity index (χ0) is 39.3. The Balaban J connectivity index is 0. The molecule has 0 nitrogen and oxygen atoms in total. The molecule has 0 N–H and O–H groups in total. The van der Waals surface area contributed by atoms with Gasteiger partial charge in [0.25, 0.3) is 0 Å². The van der Waals surface area contributed by atoms with Crippen molar-refractivity contribution in [3.63, 3.8) is 0 Å². The predicted molar refractivity (Wildman–Crippen MR) is 122 cm³/mol. The molecule has 0 amide bonds. The van der Waals surface area contributed by atoms with Crippen LogP contribution in [-0.2, 0) is 0 Å². The topological polar surface area (TPSA) is 0 Å². The van der Waals surface area contributed by atoms with Gasteiger partial charge in [-0.2, -0.15) is 105 Å². The van der Waals surface area contributed by atoms with E-state index in [9.17, 15) is 105 Å². The molecule has 32 heteroatoms. The highest BCUT2D eigenvalue weighted by Gasteiger charge is 2.97. The number of alkyl halides is 24. The standard InChI is InChI=1S/C12H4Cl3F21Si.C3H4Cl3F3Si/c13-37(14,15)2-1-3(16,17)4(18,19)5(20,21)6(22,23)7(24,25)8(26,27)9(28,29)10(30,31)11(32,33)12(34,35)36;4-10(5,6)2-1-3(7,8)9/h1-2H2;1-2H2. The van der Waals surface area contributed by atoms with Crippen LogP contribution < -0.4 is 0 Å². The van der Waals surface area contributed by atoms with E-state index in [1.807, 2.05) is 0 Å². The second kappa shape index (κ2) is 14.1. The molecule has 286 valence electrons. The second-order valence-electron chi connectivity index (χ2n) is 8.64. The summed E-state index contributed by atoms with van der Waals surface area (Å²) in [7, 11) is 0. The third-order valence-corrected chi connectivity index (χ3v) is 10.0. The van der Waals surface area contributed by atoms with Crippen LogP contribution in [0.2, 0.25) is 12.1 Å². The molecule has 0 fully saturated rings. The van der Waals surface area contributed by atoms with Gasteiger partial charge in [0.05, 0.1) is 0 Å². The minimum atomic E-state index is -9.19. The number of halogens is 30. The Labute approximate surface area is 274 Å². The van der Waals surface area contributed by atoms with E-state index in [4.69, 9.17) is 66.5 Å². The molecule has 0 heterocycles. The third-order valence-electron chi connectivity index (χ3n) is 4.99. The molecule has 0 saturated carbocycles. The molecule has 0 aliphatic rings. The van der Waals surface area contributed by atoms with Gasteiger partial charge in [0.1, 0.15) is 0 Å². The van der Waals surface area contributed by atoms with Crippen molar-refractivity contribution < 1.29 is 105 Å². The van der Waals surface area contributed by atoms with Crippen molar-refractivity contribution in [2.24, 2.45) is 0 Å². The maximum Gasteiger partial charge on any atom is 0.460 e. The molecule has 0 saturated heterocycles. The molecule has 0 aliphatic heterocycles. The average Bonchev–Trinajstić information content (AvgIpc) is 2.79. The summed E-state index contributed by atoms with van der Waals surface area (Å²) in [6, 6.07) is -9.83. The van der Waals surface area contributed by atoms with Crippen LogP contribution in [-0.4, -0.2) is 77.7 Å². The normalized spacial score (nSPS) is 16.2. The molecule has 0 aromatic heterocycles. The lowest BCUT2D eigenvalue weighted by atomic mass is 9.86. The van der Waals surface area contributed by atoms with Gasteiger partial charge < -0.3 is 0 Å². The Morgan fingerprint density at radius 2 is 0.511 bits per heavy atom. The van der Waals surface area contributed by atoms with Crippen molar-refractivity contribution in [1.29, 1.82) is 0 Å². The number of hydrogen-bond donors (Lipinski definition) is 0. The lowest BCUT2D eigenvalue weighted by Crippen LogP contribution is -2.76. The van der Waals surface area contributed by atoms with E-state index in [-0.39, 0.29) is 6.04 Å². The summed E-state index contributed by atoms with van der Waals surface area (Å²) in [6.07, 6.45) is -16.1. The number of hydrogen-bond acceptors (Lipinski definition) is 0. The summed E-state index contributed by atoms with van der Waals surface area (Å²) in [6.45, 7) is 0. The van der Waals surface area contributed by atoms with Crippen molar-refractivity contribution in [3.8, 4) is 0 Å². The van der Waals surface area contributed by atoms with Gasteiger partial charge in [-0.15, -0.1) is 66.5 Å². The molecular weight excluding hydrogens is 905 g/mol. The lowest BCUT2D eigenvalue weighted by molar-refractivity contribution is -0.474. The smallest absolute Gasteiger partial charge is 0.200 e. The van der Waals surface area contributed by atoms with Crippen LogP contribution in [0.4, 0.5) is 105 Å². The van der Waals surface area contributed by atoms with Gasteiger partial charge in [-0.1, -0.05) is 0 Å². The van der Waals surface area contributed by atoms with Crippen molar-refractivity contribution in [2.75, 3.05) is 0 Å². The molecule has 0 unspecified atom stereocenters. The highest BCUT2D eigenvalue weighted by Crippen LogP contribution is 2.66. The first-order valence-electron chi connectivity index (χ1n) is 10.3. The molecule has 0 rings (SSSR count). The van der Waals surface area contributed by atoms with Crippen LogP contribution in [0.1, 0.15) is 12.8 Å². The fourth-order valence-corrected chi connectivity index (χ4v) is 5.20. The molecule has 0 atom stereocenters. The summed E-state index contributed by atoms with van der Waals surface area (Å²) in [5.41, 5.74) is 0. The summed E-state index contributed by atoms with van der Waals surface area (Å²) in [5, 5.41) is 0. The Kier molecular flexibility index (Phi) is 14.9. The Hall–Kier alpha value is 0.494. The summed E-state index contributed by atoms with van der Waals surface area (Å²) in [5.74, 6) is -77.2. The minimum absolute atomic E-state index is 0.360. The van der Waals surface area contributed by atoms with Crippen LogP contribution in [0.3, 0.4) is 0 Å². The molecule has 0 bridgehead atoms. The highest BCUT2D eigenvalue weighted by molar-refractivity contribution is 7.65. The number of rotatable bonds is 13. The molecule has 0 spiro atoms. The van der Waals surface area contributed by atoms with Gasteiger partial charge in [-0.05, 0) is 12.1 Å². The fraction of sp³-hybridized carbons (Fsp3) is 1.00. The molecule has 0 aromatic carbocycles. The first-order valence-corrected chi connectivity index (χ1v) is 20.8. The SMILES string of the molecule is FC(F)(F)C(F)(F)C(F)(F)C(F)(F)C(F)(F)C(F)(F)C(F)(F)C(F)(F)C(F)(F)C(F)(F)CC[Si](Cl)(Cl)Cl.FC(F)(F)CC[Si](Cl)(Cl)Cl. The molecular formula is C15H8Cl6F24Si2. The van der Waals surface area contributed by atoms with Gasteiger partial charge >= 0.3 is 77.7 Å². The minimum Gasteiger partial charge on any atom is -0.200 e. The van der Waals surface area contributed by atoms with E-state index in [0.717, 1.165) is 0 Å². The van der Waals surface area contributed by atoms with Crippen molar-refractivity contribution in [1.82, 2.24) is 0 Å². The monoisotopic (exact) mass is 910 g/mol. The van der Waals surface area contributed by atoms with Crippen molar-refractivity contribution >= 4 is 78.5 Å². The first kappa shape index (κ1) is 49.6. The maximum absolute atomic E-state index is 13.6. The van der Waals surface area contributed by atoms with E-state index < -0.39 is 96.5 Å². The molecule has 47 heavy (non-hydrogen) atoms. The van der Waals surface area contributed by atoms with E-state index in [2.05, 4.69) is 0 Å². The largest absolute Gasteiger partial charge is 0.460 e. The third kappa shape index (κ3) is 10.1. The summed E-state index contributed by atoms with van der Waals surface area (Å²) in [4.78, 5) is 0. The van der Waals surface area contributed by atoms with Gasteiger partial charge in [0.15, 0.2) is 0 Å². The van der Waals surface area contributed by atoms with Gasteiger partial charge in [-0.3, -0.25) is 0 Å². The van der Waals surface area contributed by atoms with Crippen LogP contribution in [0.25, 0.3) is 0 Å². The Bertz CT molecular complexity index is 1030. The lowest BCUT2D eigenvalue weighted by Gasteiger charge is -2.44. The maximum atomic E-state index is 13.6. The van der Waals surface area contributed by atoms with Crippen LogP contribution in [0.15, 0.2) is 0 Å².